The lowest BCUT2D eigenvalue weighted by atomic mass is 10.9. The molecular formula is C4H10ClNO2. The average molecular weight is 141 g/mol. The summed E-state index contributed by atoms with van der Waals surface area (Å²) in [5.74, 6) is -0.345. The third kappa shape index (κ3) is 5.72. The molecule has 0 radical (unpaired) electrons. The van der Waals surface area contributed by atoms with E-state index >= 15 is 0 Å². The van der Waals surface area contributed by atoms with Crippen molar-refractivity contribution in [2.45, 2.75) is 6.92 Å². The molecule has 0 rings (SSSR count). The van der Waals surface area contributed by atoms with E-state index in [2.05, 4.69) is 4.74 Å². The number of hydrogen-bond donors (Lipinski definition) is 1. The molecule has 0 fully saturated rings. The zero-order chi connectivity index (χ0) is 5.70. The van der Waals surface area contributed by atoms with Crippen LogP contribution in [-0.2, 0) is 9.53 Å². The Morgan fingerprint density at radius 1 is 1.75 bits per heavy atom. The van der Waals surface area contributed by atoms with Crippen LogP contribution in [0.4, 0.5) is 0 Å². The fourth-order valence-electron chi connectivity index (χ4n) is 0.220. The SMILES string of the molecule is CCO[13C](=O)CN.Cl. The minimum Gasteiger partial charge on any atom is -0.465 e. The van der Waals surface area contributed by atoms with Gasteiger partial charge in [-0.25, -0.2) is 0 Å². The summed E-state index contributed by atoms with van der Waals surface area (Å²) in [6.45, 7) is 2.14. The molecule has 0 unspecified atom stereocenters. The number of halogens is 1. The molecule has 3 nitrogen and oxygen atoms in total. The molecule has 2 N–H and O–H groups in total. The van der Waals surface area contributed by atoms with E-state index < -0.39 is 0 Å². The van der Waals surface area contributed by atoms with Crippen molar-refractivity contribution in [1.82, 2.24) is 0 Å². The Bertz CT molecular complexity index is 67.1. The lowest BCUT2D eigenvalue weighted by Gasteiger charge is -1.93. The summed E-state index contributed by atoms with van der Waals surface area (Å²) in [4.78, 5) is 10.1. The van der Waals surface area contributed by atoms with Gasteiger partial charge in [-0.3, -0.25) is 4.79 Å². The van der Waals surface area contributed by atoms with Gasteiger partial charge in [0.1, 0.15) is 0 Å². The predicted octanol–water partition coefficient (Wildman–Crippen LogP) is -0.0700. The molecule has 50 valence electrons. The number of hydrogen-bond acceptors (Lipinski definition) is 3. The Morgan fingerprint density at radius 2 is 2.25 bits per heavy atom. The van der Waals surface area contributed by atoms with Crippen LogP contribution in [-0.4, -0.2) is 19.1 Å². The van der Waals surface area contributed by atoms with Crippen LogP contribution in [0.1, 0.15) is 6.92 Å². The number of esters is 1. The third-order valence-corrected chi connectivity index (χ3v) is 0.472. The van der Waals surface area contributed by atoms with E-state index in [9.17, 15) is 4.79 Å². The zero-order valence-corrected chi connectivity index (χ0v) is 5.53. The summed E-state index contributed by atoms with van der Waals surface area (Å²) in [5.41, 5.74) is 4.88. The van der Waals surface area contributed by atoms with Gasteiger partial charge < -0.3 is 10.5 Å². The summed E-state index contributed by atoms with van der Waals surface area (Å²) in [7, 11) is 0. The molecule has 0 aromatic heterocycles. The highest BCUT2D eigenvalue weighted by atomic mass is 35.5. The van der Waals surface area contributed by atoms with Crippen molar-refractivity contribution in [3.63, 3.8) is 0 Å². The van der Waals surface area contributed by atoms with E-state index in [0.29, 0.717) is 6.61 Å². The van der Waals surface area contributed by atoms with E-state index in [4.69, 9.17) is 5.73 Å². The van der Waals surface area contributed by atoms with Crippen LogP contribution in [0, 0.1) is 0 Å². The van der Waals surface area contributed by atoms with E-state index in [1.165, 1.54) is 0 Å². The van der Waals surface area contributed by atoms with Gasteiger partial charge in [0.2, 0.25) is 0 Å². The van der Waals surface area contributed by atoms with Gasteiger partial charge in [0.25, 0.3) is 0 Å². The quantitative estimate of drug-likeness (QED) is 0.432. The maximum atomic E-state index is 10.1. The third-order valence-electron chi connectivity index (χ3n) is 0.472. The first-order valence-electron chi connectivity index (χ1n) is 2.17. The Hall–Kier alpha value is -0.280. The zero-order valence-electron chi connectivity index (χ0n) is 4.72. The highest BCUT2D eigenvalue weighted by molar-refractivity contribution is 5.85. The average Bonchev–Trinajstić information content (AvgIpc) is 1.68. The van der Waals surface area contributed by atoms with Crippen molar-refractivity contribution < 1.29 is 9.53 Å². The Morgan fingerprint density at radius 3 is 2.38 bits per heavy atom. The molecule has 0 atom stereocenters. The monoisotopic (exact) mass is 140 g/mol. The van der Waals surface area contributed by atoms with Crippen molar-refractivity contribution >= 4 is 18.4 Å². The number of rotatable bonds is 2. The van der Waals surface area contributed by atoms with Crippen molar-refractivity contribution in [3.05, 3.63) is 0 Å². The highest BCUT2D eigenvalue weighted by Crippen LogP contribution is 1.69. The molecule has 0 amide bonds. The van der Waals surface area contributed by atoms with Gasteiger partial charge in [-0.1, -0.05) is 0 Å². The minimum absolute atomic E-state index is 0. The van der Waals surface area contributed by atoms with Crippen LogP contribution < -0.4 is 5.73 Å². The Kier molecular flexibility index (Phi) is 8.95. The molecule has 0 saturated carbocycles. The van der Waals surface area contributed by atoms with Crippen LogP contribution in [0.15, 0.2) is 0 Å². The Labute approximate surface area is 54.6 Å². The van der Waals surface area contributed by atoms with Gasteiger partial charge in [0, 0.05) is 0 Å². The Balaban J connectivity index is 0. The van der Waals surface area contributed by atoms with Gasteiger partial charge in [0.05, 0.1) is 13.2 Å². The topological polar surface area (TPSA) is 52.3 Å². The first kappa shape index (κ1) is 10.7. The second-order valence-corrected chi connectivity index (χ2v) is 1.01. The maximum absolute atomic E-state index is 10.1. The van der Waals surface area contributed by atoms with E-state index in [0.717, 1.165) is 0 Å². The molecule has 0 saturated heterocycles. The molecule has 0 heterocycles. The van der Waals surface area contributed by atoms with Crippen LogP contribution in [0.2, 0.25) is 0 Å². The second kappa shape index (κ2) is 6.72. The fourth-order valence-corrected chi connectivity index (χ4v) is 0.220. The normalized spacial score (nSPS) is 7.25. The minimum atomic E-state index is -0.345. The molecule has 8 heavy (non-hydrogen) atoms. The fraction of sp³-hybridized carbons (Fsp3) is 0.750. The summed E-state index contributed by atoms with van der Waals surface area (Å²) in [6.07, 6.45) is 0. The highest BCUT2D eigenvalue weighted by Gasteiger charge is 1.91. The van der Waals surface area contributed by atoms with Crippen LogP contribution in [0.5, 0.6) is 0 Å². The lowest BCUT2D eigenvalue weighted by Crippen LogP contribution is -2.16. The number of ether oxygens (including phenoxy) is 1. The van der Waals surface area contributed by atoms with Crippen LogP contribution in [0.25, 0.3) is 0 Å². The molecule has 0 aromatic carbocycles. The lowest BCUT2D eigenvalue weighted by molar-refractivity contribution is -0.141. The molecule has 0 bridgehead atoms. The molecule has 0 aliphatic carbocycles. The van der Waals surface area contributed by atoms with Crippen molar-refractivity contribution in [2.24, 2.45) is 5.73 Å². The standard InChI is InChI=1S/C4H9NO2.ClH/c1-2-7-4(6)3-5;/h2-3,5H2,1H3;1H/i4+1;. The van der Waals surface area contributed by atoms with Crippen molar-refractivity contribution in [3.8, 4) is 0 Å². The van der Waals surface area contributed by atoms with Gasteiger partial charge >= 0.3 is 5.97 Å². The largest absolute Gasteiger partial charge is 0.465 e. The van der Waals surface area contributed by atoms with Gasteiger partial charge in [-0.2, -0.15) is 0 Å². The number of nitrogens with two attached hydrogens (primary N) is 1. The van der Waals surface area contributed by atoms with Gasteiger partial charge in [0.15, 0.2) is 0 Å². The number of carbonyl (C=O) groups excluding carboxylic acids is 1. The first-order valence-corrected chi connectivity index (χ1v) is 2.17. The van der Waals surface area contributed by atoms with Crippen molar-refractivity contribution in [2.75, 3.05) is 13.2 Å². The van der Waals surface area contributed by atoms with Crippen molar-refractivity contribution in [1.29, 1.82) is 0 Å². The maximum Gasteiger partial charge on any atom is 0.319 e. The second-order valence-electron chi connectivity index (χ2n) is 1.01. The van der Waals surface area contributed by atoms with E-state index in [1.807, 2.05) is 0 Å². The number of carbonyl (C=O) groups is 1. The smallest absolute Gasteiger partial charge is 0.319 e. The molecule has 0 aromatic rings. The van der Waals surface area contributed by atoms with E-state index in [-0.39, 0.29) is 24.9 Å². The summed E-state index contributed by atoms with van der Waals surface area (Å²) < 4.78 is 4.43. The van der Waals surface area contributed by atoms with Crippen LogP contribution in [0.3, 0.4) is 0 Å². The molecule has 4 heteroatoms. The van der Waals surface area contributed by atoms with Gasteiger partial charge in [-0.15, -0.1) is 12.4 Å². The first-order chi connectivity index (χ1) is 3.31. The van der Waals surface area contributed by atoms with Crippen LogP contribution >= 0.6 is 12.4 Å². The summed E-state index contributed by atoms with van der Waals surface area (Å²) in [5, 5.41) is 0. The van der Waals surface area contributed by atoms with E-state index in [1.54, 1.807) is 6.92 Å². The summed E-state index contributed by atoms with van der Waals surface area (Å²) in [6, 6.07) is 0. The van der Waals surface area contributed by atoms with Gasteiger partial charge in [-0.05, 0) is 6.92 Å². The molecule has 0 aliphatic rings. The molecule has 0 spiro atoms. The molecular weight excluding hydrogens is 130 g/mol. The predicted molar refractivity (Wildman–Crippen MR) is 32.9 cm³/mol. The molecule has 0 aliphatic heterocycles. The summed E-state index contributed by atoms with van der Waals surface area (Å²) >= 11 is 0.